The molecule has 1 aliphatic heterocycles. The van der Waals surface area contributed by atoms with Crippen molar-refractivity contribution in [3.8, 4) is 0 Å². The Morgan fingerprint density at radius 1 is 1.24 bits per heavy atom. The lowest BCUT2D eigenvalue weighted by atomic mass is 10.4. The lowest BCUT2D eigenvalue weighted by molar-refractivity contribution is -0.143. The van der Waals surface area contributed by atoms with Crippen molar-refractivity contribution in [2.24, 2.45) is 0 Å². The van der Waals surface area contributed by atoms with Crippen LogP contribution >= 0.6 is 12.4 Å². The maximum Gasteiger partial charge on any atom is 0.329 e. The first-order chi connectivity index (χ1) is 7.68. The molecule has 1 aliphatic rings. The summed E-state index contributed by atoms with van der Waals surface area (Å²) in [5.41, 5.74) is 0. The van der Waals surface area contributed by atoms with Crippen molar-refractivity contribution in [1.82, 2.24) is 10.2 Å². The Balaban J connectivity index is 0.00000256. The number of nitrogens with zero attached hydrogens (tertiary/aromatic N) is 1. The van der Waals surface area contributed by atoms with E-state index in [9.17, 15) is 9.59 Å². The number of carbonyl (C=O) groups excluding carboxylic acids is 1. The van der Waals surface area contributed by atoms with E-state index in [0.717, 1.165) is 19.6 Å². The van der Waals surface area contributed by atoms with Crippen LogP contribution in [0.25, 0.3) is 0 Å². The van der Waals surface area contributed by atoms with Crippen molar-refractivity contribution in [1.29, 1.82) is 0 Å². The summed E-state index contributed by atoms with van der Waals surface area (Å²) >= 11 is 0. The van der Waals surface area contributed by atoms with Gasteiger partial charge in [-0.05, 0) is 25.9 Å². The molecule has 0 unspecified atom stereocenters. The van der Waals surface area contributed by atoms with E-state index >= 15 is 0 Å². The van der Waals surface area contributed by atoms with Crippen molar-refractivity contribution in [3.63, 3.8) is 0 Å². The minimum Gasteiger partial charge on any atom is -0.480 e. The lowest BCUT2D eigenvalue weighted by Gasteiger charge is -2.14. The molecule has 2 N–H and O–H groups in total. The van der Waals surface area contributed by atoms with Crippen molar-refractivity contribution in [2.45, 2.75) is 12.8 Å². The Morgan fingerprint density at radius 2 is 1.88 bits per heavy atom. The molecule has 1 rings (SSSR count). The van der Waals surface area contributed by atoms with E-state index in [1.807, 2.05) is 0 Å². The second-order valence-electron chi connectivity index (χ2n) is 3.79. The fraction of sp³-hybridized carbons (Fsp3) is 0.800. The van der Waals surface area contributed by atoms with Gasteiger partial charge in [0.2, 0.25) is 5.91 Å². The van der Waals surface area contributed by atoms with Gasteiger partial charge in [0.05, 0.1) is 0 Å². The predicted molar refractivity (Wildman–Crippen MR) is 64.4 cm³/mol. The van der Waals surface area contributed by atoms with Gasteiger partial charge in [0, 0.05) is 13.1 Å². The van der Waals surface area contributed by atoms with Gasteiger partial charge in [-0.2, -0.15) is 0 Å². The minimum atomic E-state index is -1.06. The highest BCUT2D eigenvalue weighted by Gasteiger charge is 2.11. The molecule has 1 fully saturated rings. The molecule has 0 atom stereocenters. The molecule has 0 aromatic heterocycles. The van der Waals surface area contributed by atoms with Crippen LogP contribution in [-0.2, 0) is 14.3 Å². The molecule has 0 aliphatic carbocycles. The lowest BCUT2D eigenvalue weighted by Crippen LogP contribution is -2.35. The number of ether oxygens (including phenoxy) is 1. The average molecular weight is 267 g/mol. The summed E-state index contributed by atoms with van der Waals surface area (Å²) in [7, 11) is 0. The van der Waals surface area contributed by atoms with E-state index in [2.05, 4.69) is 15.0 Å². The number of likely N-dealkylation sites (tertiary alicyclic amines) is 1. The SMILES string of the molecule is Cl.O=C(O)COCC(=O)NCCN1CCCC1. The molecule has 0 aromatic carbocycles. The molecule has 1 saturated heterocycles. The van der Waals surface area contributed by atoms with Crippen LogP contribution < -0.4 is 5.32 Å². The number of halogens is 1. The van der Waals surface area contributed by atoms with E-state index in [4.69, 9.17) is 5.11 Å². The van der Waals surface area contributed by atoms with Crippen molar-refractivity contribution in [3.05, 3.63) is 0 Å². The Labute approximate surface area is 107 Å². The predicted octanol–water partition coefficient (Wildman–Crippen LogP) is -0.279. The minimum absolute atomic E-state index is 0. The molecule has 17 heavy (non-hydrogen) atoms. The van der Waals surface area contributed by atoms with E-state index in [1.165, 1.54) is 12.8 Å². The van der Waals surface area contributed by atoms with Gasteiger partial charge in [0.15, 0.2) is 0 Å². The molecule has 0 saturated carbocycles. The molecular weight excluding hydrogens is 248 g/mol. The van der Waals surface area contributed by atoms with Gasteiger partial charge >= 0.3 is 5.97 Å². The summed E-state index contributed by atoms with van der Waals surface area (Å²) in [5.74, 6) is -1.33. The standard InChI is InChI=1S/C10H18N2O4.ClH/c13-9(7-16-8-10(14)15)11-3-6-12-4-1-2-5-12;/h1-8H2,(H,11,13)(H,14,15);1H. The number of hydrogen-bond donors (Lipinski definition) is 2. The topological polar surface area (TPSA) is 78.9 Å². The van der Waals surface area contributed by atoms with Crippen LogP contribution in [0, 0.1) is 0 Å². The third-order valence-electron chi connectivity index (χ3n) is 2.41. The van der Waals surface area contributed by atoms with Crippen molar-refractivity contribution < 1.29 is 19.4 Å². The van der Waals surface area contributed by atoms with E-state index in [0.29, 0.717) is 6.54 Å². The first-order valence-corrected chi connectivity index (χ1v) is 5.47. The highest BCUT2D eigenvalue weighted by molar-refractivity contribution is 5.85. The largest absolute Gasteiger partial charge is 0.480 e. The van der Waals surface area contributed by atoms with Crippen LogP contribution in [-0.4, -0.2) is 61.3 Å². The van der Waals surface area contributed by atoms with Gasteiger partial charge in [-0.3, -0.25) is 4.79 Å². The molecule has 1 amide bonds. The fourth-order valence-corrected chi connectivity index (χ4v) is 1.64. The Hall–Kier alpha value is -0.850. The summed E-state index contributed by atoms with van der Waals surface area (Å²) in [6.45, 7) is 3.03. The third kappa shape index (κ3) is 7.95. The summed E-state index contributed by atoms with van der Waals surface area (Å²) in [6.07, 6.45) is 2.46. The number of hydrogen-bond acceptors (Lipinski definition) is 4. The molecular formula is C10H19ClN2O4. The molecule has 0 bridgehead atoms. The highest BCUT2D eigenvalue weighted by Crippen LogP contribution is 2.05. The van der Waals surface area contributed by atoms with Gasteiger partial charge < -0.3 is 20.1 Å². The summed E-state index contributed by atoms with van der Waals surface area (Å²) in [4.78, 5) is 23.5. The van der Waals surface area contributed by atoms with Gasteiger partial charge in [-0.1, -0.05) is 0 Å². The number of rotatable bonds is 7. The highest BCUT2D eigenvalue weighted by atomic mass is 35.5. The number of carboxylic acids is 1. The maximum absolute atomic E-state index is 11.2. The number of amides is 1. The van der Waals surface area contributed by atoms with Gasteiger partial charge in [0.25, 0.3) is 0 Å². The molecule has 6 nitrogen and oxygen atoms in total. The van der Waals surface area contributed by atoms with Crippen molar-refractivity contribution in [2.75, 3.05) is 39.4 Å². The molecule has 100 valence electrons. The molecule has 1 heterocycles. The van der Waals surface area contributed by atoms with Crippen LogP contribution in [0.5, 0.6) is 0 Å². The number of nitrogens with one attached hydrogen (secondary N) is 1. The second-order valence-corrected chi connectivity index (χ2v) is 3.79. The van der Waals surface area contributed by atoms with Crippen LogP contribution in [0.4, 0.5) is 0 Å². The Kier molecular flexibility index (Phi) is 8.75. The van der Waals surface area contributed by atoms with E-state index in [-0.39, 0.29) is 24.9 Å². The van der Waals surface area contributed by atoms with Crippen LogP contribution in [0.15, 0.2) is 0 Å². The summed E-state index contributed by atoms with van der Waals surface area (Å²) in [6, 6.07) is 0. The number of carbonyl (C=O) groups is 2. The van der Waals surface area contributed by atoms with Crippen LogP contribution in [0.1, 0.15) is 12.8 Å². The zero-order valence-corrected chi connectivity index (χ0v) is 10.5. The Morgan fingerprint density at radius 3 is 2.47 bits per heavy atom. The molecule has 0 aromatic rings. The first kappa shape index (κ1) is 16.1. The average Bonchev–Trinajstić information content (AvgIpc) is 2.70. The third-order valence-corrected chi connectivity index (χ3v) is 2.41. The molecule has 0 spiro atoms. The zero-order valence-electron chi connectivity index (χ0n) is 9.68. The van der Waals surface area contributed by atoms with Gasteiger partial charge in [0.1, 0.15) is 13.2 Å². The quantitative estimate of drug-likeness (QED) is 0.663. The van der Waals surface area contributed by atoms with Crippen LogP contribution in [0.2, 0.25) is 0 Å². The smallest absolute Gasteiger partial charge is 0.329 e. The second kappa shape index (κ2) is 9.21. The van der Waals surface area contributed by atoms with Gasteiger partial charge in [-0.15, -0.1) is 12.4 Å². The van der Waals surface area contributed by atoms with Crippen molar-refractivity contribution >= 4 is 24.3 Å². The summed E-state index contributed by atoms with van der Waals surface area (Å²) < 4.78 is 4.65. The first-order valence-electron chi connectivity index (χ1n) is 5.47. The summed E-state index contributed by atoms with van der Waals surface area (Å²) in [5, 5.41) is 11.0. The molecule has 7 heteroatoms. The van der Waals surface area contributed by atoms with E-state index in [1.54, 1.807) is 0 Å². The monoisotopic (exact) mass is 266 g/mol. The number of carboxylic acid groups (broad SMARTS) is 1. The fourth-order valence-electron chi connectivity index (χ4n) is 1.64. The Bertz CT molecular complexity index is 244. The van der Waals surface area contributed by atoms with E-state index < -0.39 is 12.6 Å². The molecule has 0 radical (unpaired) electrons. The van der Waals surface area contributed by atoms with Crippen LogP contribution in [0.3, 0.4) is 0 Å². The number of aliphatic carboxylic acids is 1. The maximum atomic E-state index is 11.2. The zero-order chi connectivity index (χ0) is 11.8. The van der Waals surface area contributed by atoms with Gasteiger partial charge in [-0.25, -0.2) is 4.79 Å². The normalized spacial score (nSPS) is 15.3.